The Morgan fingerprint density at radius 3 is 2.79 bits per heavy atom. The van der Waals surface area contributed by atoms with Crippen LogP contribution in [0.5, 0.6) is 5.75 Å². The first-order valence-corrected chi connectivity index (χ1v) is 8.88. The lowest BCUT2D eigenvalue weighted by Crippen LogP contribution is -1.92. The lowest BCUT2D eigenvalue weighted by molar-refractivity contribution is 0.415. The molecular formula is C20H16N2OS. The van der Waals surface area contributed by atoms with Crippen molar-refractivity contribution < 1.29 is 4.74 Å². The summed E-state index contributed by atoms with van der Waals surface area (Å²) >= 11 is 1.67. The molecule has 0 saturated carbocycles. The van der Waals surface area contributed by atoms with Crippen LogP contribution in [0.4, 0.5) is 10.8 Å². The Morgan fingerprint density at radius 2 is 1.92 bits per heavy atom. The van der Waals surface area contributed by atoms with Crippen molar-refractivity contribution in [2.75, 3.05) is 12.4 Å². The number of fused-ring (bicyclic) bond motifs is 1. The van der Waals surface area contributed by atoms with E-state index in [1.165, 1.54) is 21.9 Å². The van der Waals surface area contributed by atoms with Gasteiger partial charge in [0.15, 0.2) is 5.13 Å². The highest BCUT2D eigenvalue weighted by Crippen LogP contribution is 2.37. The molecule has 0 amide bonds. The molecule has 118 valence electrons. The molecule has 5 rings (SSSR count). The van der Waals surface area contributed by atoms with Gasteiger partial charge in [0.1, 0.15) is 5.75 Å². The highest BCUT2D eigenvalue weighted by atomic mass is 32.1. The third-order valence-electron chi connectivity index (χ3n) is 4.71. The van der Waals surface area contributed by atoms with E-state index in [1.54, 1.807) is 18.4 Å². The SMILES string of the molecule is COc1ccc2sc(Nc3ccc4c5c(cccc35)CC4)nc2c1. The average molecular weight is 332 g/mol. The number of rotatable bonds is 3. The van der Waals surface area contributed by atoms with Gasteiger partial charge < -0.3 is 10.1 Å². The molecule has 24 heavy (non-hydrogen) atoms. The molecule has 1 heterocycles. The van der Waals surface area contributed by atoms with E-state index < -0.39 is 0 Å². The summed E-state index contributed by atoms with van der Waals surface area (Å²) in [6.07, 6.45) is 2.30. The molecule has 1 aliphatic carbocycles. The van der Waals surface area contributed by atoms with Crippen molar-refractivity contribution in [1.29, 1.82) is 0 Å². The minimum Gasteiger partial charge on any atom is -0.497 e. The molecule has 0 fully saturated rings. The van der Waals surface area contributed by atoms with E-state index in [2.05, 4.69) is 41.7 Å². The Hall–Kier alpha value is -2.59. The van der Waals surface area contributed by atoms with Crippen LogP contribution in [0.2, 0.25) is 0 Å². The maximum absolute atomic E-state index is 5.28. The normalized spacial score (nSPS) is 12.9. The molecule has 4 aromatic rings. The van der Waals surface area contributed by atoms with Gasteiger partial charge in [-0.2, -0.15) is 0 Å². The number of nitrogens with zero attached hydrogens (tertiary/aromatic N) is 1. The quantitative estimate of drug-likeness (QED) is 0.553. The smallest absolute Gasteiger partial charge is 0.188 e. The number of aryl methyl sites for hydroxylation is 2. The molecule has 1 N–H and O–H groups in total. The molecule has 0 bridgehead atoms. The summed E-state index contributed by atoms with van der Waals surface area (Å²) in [4.78, 5) is 4.71. The fourth-order valence-corrected chi connectivity index (χ4v) is 4.42. The molecule has 0 unspecified atom stereocenters. The molecule has 0 atom stereocenters. The zero-order valence-corrected chi connectivity index (χ0v) is 14.1. The van der Waals surface area contributed by atoms with Crippen molar-refractivity contribution in [1.82, 2.24) is 4.98 Å². The highest BCUT2D eigenvalue weighted by Gasteiger charge is 2.16. The van der Waals surface area contributed by atoms with Crippen molar-refractivity contribution in [3.05, 3.63) is 59.7 Å². The van der Waals surface area contributed by atoms with Gasteiger partial charge in [-0.1, -0.05) is 35.6 Å². The van der Waals surface area contributed by atoms with Gasteiger partial charge in [0.05, 0.1) is 17.3 Å². The van der Waals surface area contributed by atoms with E-state index in [4.69, 9.17) is 9.72 Å². The van der Waals surface area contributed by atoms with E-state index in [0.717, 1.165) is 39.6 Å². The second-order valence-electron chi connectivity index (χ2n) is 6.09. The van der Waals surface area contributed by atoms with E-state index in [9.17, 15) is 0 Å². The number of anilines is 2. The summed E-state index contributed by atoms with van der Waals surface area (Å²) in [7, 11) is 1.68. The number of thiazole rings is 1. The van der Waals surface area contributed by atoms with Crippen LogP contribution in [-0.4, -0.2) is 12.1 Å². The van der Waals surface area contributed by atoms with E-state index in [0.29, 0.717) is 0 Å². The third-order valence-corrected chi connectivity index (χ3v) is 5.67. The maximum atomic E-state index is 5.28. The van der Waals surface area contributed by atoms with Crippen molar-refractivity contribution in [2.45, 2.75) is 12.8 Å². The summed E-state index contributed by atoms with van der Waals surface area (Å²) in [5.41, 5.74) is 5.01. The summed E-state index contributed by atoms with van der Waals surface area (Å²) in [5, 5.41) is 7.15. The second kappa shape index (κ2) is 5.21. The molecule has 1 aromatic heterocycles. The summed E-state index contributed by atoms with van der Waals surface area (Å²) in [6.45, 7) is 0. The van der Waals surface area contributed by atoms with Crippen LogP contribution in [0, 0.1) is 0 Å². The van der Waals surface area contributed by atoms with Crippen LogP contribution < -0.4 is 10.1 Å². The van der Waals surface area contributed by atoms with Crippen molar-refractivity contribution in [3.8, 4) is 5.75 Å². The van der Waals surface area contributed by atoms with Crippen LogP contribution in [0.15, 0.2) is 48.5 Å². The minimum atomic E-state index is 0.838. The van der Waals surface area contributed by atoms with Gasteiger partial charge in [-0.15, -0.1) is 0 Å². The molecule has 0 aliphatic heterocycles. The monoisotopic (exact) mass is 332 g/mol. The number of aromatic nitrogens is 1. The van der Waals surface area contributed by atoms with Gasteiger partial charge in [-0.05, 0) is 47.6 Å². The van der Waals surface area contributed by atoms with Crippen LogP contribution >= 0.6 is 11.3 Å². The molecule has 0 saturated heterocycles. The van der Waals surface area contributed by atoms with Crippen LogP contribution in [0.25, 0.3) is 21.0 Å². The first-order chi connectivity index (χ1) is 11.8. The predicted molar refractivity (Wildman–Crippen MR) is 101 cm³/mol. The van der Waals surface area contributed by atoms with Gasteiger partial charge >= 0.3 is 0 Å². The van der Waals surface area contributed by atoms with Gasteiger partial charge in [-0.25, -0.2) is 4.98 Å². The van der Waals surface area contributed by atoms with Crippen LogP contribution in [0.3, 0.4) is 0 Å². The number of hydrogen-bond acceptors (Lipinski definition) is 4. The van der Waals surface area contributed by atoms with Crippen molar-refractivity contribution >= 4 is 43.1 Å². The summed E-state index contributed by atoms with van der Waals surface area (Å²) < 4.78 is 6.44. The van der Waals surface area contributed by atoms with Crippen LogP contribution in [0.1, 0.15) is 11.1 Å². The first-order valence-electron chi connectivity index (χ1n) is 8.07. The number of methoxy groups -OCH3 is 1. The van der Waals surface area contributed by atoms with Gasteiger partial charge in [0.25, 0.3) is 0 Å². The fourth-order valence-electron chi connectivity index (χ4n) is 3.56. The molecule has 3 aromatic carbocycles. The number of hydrogen-bond donors (Lipinski definition) is 1. The molecule has 0 spiro atoms. The topological polar surface area (TPSA) is 34.1 Å². The highest BCUT2D eigenvalue weighted by molar-refractivity contribution is 7.22. The summed E-state index contributed by atoms with van der Waals surface area (Å²) in [5.74, 6) is 0.838. The summed E-state index contributed by atoms with van der Waals surface area (Å²) in [6, 6.07) is 17.0. The zero-order valence-electron chi connectivity index (χ0n) is 13.3. The molecule has 4 heteroatoms. The molecule has 0 radical (unpaired) electrons. The zero-order chi connectivity index (χ0) is 16.1. The van der Waals surface area contributed by atoms with Crippen molar-refractivity contribution in [3.63, 3.8) is 0 Å². The number of benzene rings is 3. The third kappa shape index (κ3) is 2.07. The maximum Gasteiger partial charge on any atom is 0.188 e. The Bertz CT molecular complexity index is 1070. The average Bonchev–Trinajstić information content (AvgIpc) is 3.21. The van der Waals surface area contributed by atoms with E-state index in [-0.39, 0.29) is 0 Å². The second-order valence-corrected chi connectivity index (χ2v) is 7.12. The number of nitrogens with one attached hydrogen (secondary N) is 1. The first kappa shape index (κ1) is 13.8. The Morgan fingerprint density at radius 1 is 1.04 bits per heavy atom. The lowest BCUT2D eigenvalue weighted by Gasteiger charge is -2.09. The number of ether oxygens (including phenoxy) is 1. The van der Waals surface area contributed by atoms with Crippen molar-refractivity contribution in [2.24, 2.45) is 0 Å². The molecule has 1 aliphatic rings. The van der Waals surface area contributed by atoms with Gasteiger partial charge in [0, 0.05) is 17.1 Å². The van der Waals surface area contributed by atoms with E-state index >= 15 is 0 Å². The van der Waals surface area contributed by atoms with Gasteiger partial charge in [-0.3, -0.25) is 0 Å². The predicted octanol–water partition coefficient (Wildman–Crippen LogP) is 5.30. The Kier molecular flexibility index (Phi) is 3.00. The molecule has 3 nitrogen and oxygen atoms in total. The Balaban J connectivity index is 1.60. The van der Waals surface area contributed by atoms with Crippen LogP contribution in [-0.2, 0) is 12.8 Å². The molecular weight excluding hydrogens is 316 g/mol. The fraction of sp³-hybridized carbons (Fsp3) is 0.150. The Labute approximate surface area is 143 Å². The van der Waals surface area contributed by atoms with E-state index in [1.807, 2.05) is 12.1 Å². The standard InChI is InChI=1S/C20H16N2OS/c1-23-14-8-10-18-17(11-14)22-20(24-18)21-16-9-7-13-6-5-12-3-2-4-15(16)19(12)13/h2-4,7-11H,5-6H2,1H3,(H,21,22). The minimum absolute atomic E-state index is 0.838. The van der Waals surface area contributed by atoms with Gasteiger partial charge in [0.2, 0.25) is 0 Å². The largest absolute Gasteiger partial charge is 0.497 e. The lowest BCUT2D eigenvalue weighted by atomic mass is 10.0.